The highest BCUT2D eigenvalue weighted by Gasteiger charge is 2.14. The standard InChI is InChI=1S/C12H17N3O3/c1-4-18-9(16)6-14-12-10(11(13)17)7(2)5-8(3)15-12/h5H,4,6H2,1-3H3,(H2,13,17)(H,14,15). The molecule has 1 aromatic heterocycles. The van der Waals surface area contributed by atoms with Gasteiger partial charge in [0.15, 0.2) is 0 Å². The van der Waals surface area contributed by atoms with E-state index in [0.717, 1.165) is 11.3 Å². The van der Waals surface area contributed by atoms with Gasteiger partial charge in [0.05, 0.1) is 12.2 Å². The number of esters is 1. The fourth-order valence-electron chi connectivity index (χ4n) is 1.64. The molecule has 0 bridgehead atoms. The van der Waals surface area contributed by atoms with Crippen LogP contribution in [-0.4, -0.2) is 30.0 Å². The van der Waals surface area contributed by atoms with Crippen LogP contribution in [0, 0.1) is 13.8 Å². The van der Waals surface area contributed by atoms with E-state index in [1.807, 2.05) is 0 Å². The molecule has 0 spiro atoms. The second-order valence-electron chi connectivity index (χ2n) is 3.83. The average molecular weight is 251 g/mol. The van der Waals surface area contributed by atoms with Crippen molar-refractivity contribution in [2.24, 2.45) is 5.73 Å². The Morgan fingerprint density at radius 2 is 2.11 bits per heavy atom. The maximum atomic E-state index is 11.4. The topological polar surface area (TPSA) is 94.3 Å². The lowest BCUT2D eigenvalue weighted by Crippen LogP contribution is -2.22. The van der Waals surface area contributed by atoms with Crippen molar-refractivity contribution in [1.29, 1.82) is 0 Å². The van der Waals surface area contributed by atoms with Crippen molar-refractivity contribution in [3.63, 3.8) is 0 Å². The van der Waals surface area contributed by atoms with Gasteiger partial charge in [-0.05, 0) is 32.4 Å². The highest BCUT2D eigenvalue weighted by atomic mass is 16.5. The van der Waals surface area contributed by atoms with Crippen LogP contribution < -0.4 is 11.1 Å². The number of primary amides is 1. The monoisotopic (exact) mass is 251 g/mol. The van der Waals surface area contributed by atoms with Gasteiger partial charge in [-0.2, -0.15) is 0 Å². The summed E-state index contributed by atoms with van der Waals surface area (Å²) in [6, 6.07) is 1.76. The largest absolute Gasteiger partial charge is 0.465 e. The first-order valence-corrected chi connectivity index (χ1v) is 5.63. The van der Waals surface area contributed by atoms with E-state index in [1.165, 1.54) is 0 Å². The molecule has 0 atom stereocenters. The van der Waals surface area contributed by atoms with Crippen LogP contribution >= 0.6 is 0 Å². The number of nitrogens with zero attached hydrogens (tertiary/aromatic N) is 1. The first-order chi connectivity index (χ1) is 8.45. The Kier molecular flexibility index (Phi) is 4.65. The summed E-state index contributed by atoms with van der Waals surface area (Å²) in [6.45, 7) is 5.55. The molecule has 0 aliphatic heterocycles. The number of anilines is 1. The minimum absolute atomic E-state index is 0.0516. The van der Waals surface area contributed by atoms with Crippen molar-refractivity contribution in [3.05, 3.63) is 22.9 Å². The molecule has 1 aromatic rings. The van der Waals surface area contributed by atoms with E-state index in [0.29, 0.717) is 18.0 Å². The van der Waals surface area contributed by atoms with E-state index in [1.54, 1.807) is 26.8 Å². The molecule has 0 unspecified atom stereocenters. The van der Waals surface area contributed by atoms with E-state index in [4.69, 9.17) is 10.5 Å². The minimum atomic E-state index is -0.577. The molecule has 1 heterocycles. The first-order valence-electron chi connectivity index (χ1n) is 5.63. The number of ether oxygens (including phenoxy) is 1. The van der Waals surface area contributed by atoms with Crippen molar-refractivity contribution >= 4 is 17.7 Å². The molecular weight excluding hydrogens is 234 g/mol. The molecule has 18 heavy (non-hydrogen) atoms. The van der Waals surface area contributed by atoms with Crippen LogP contribution in [0.1, 0.15) is 28.5 Å². The van der Waals surface area contributed by atoms with Gasteiger partial charge in [-0.1, -0.05) is 0 Å². The molecule has 1 rings (SSSR count). The van der Waals surface area contributed by atoms with E-state index in [9.17, 15) is 9.59 Å². The Morgan fingerprint density at radius 3 is 2.67 bits per heavy atom. The maximum absolute atomic E-state index is 11.4. The molecule has 3 N–H and O–H groups in total. The first kappa shape index (κ1) is 14.0. The smallest absolute Gasteiger partial charge is 0.325 e. The van der Waals surface area contributed by atoms with Crippen molar-refractivity contribution < 1.29 is 14.3 Å². The van der Waals surface area contributed by atoms with Crippen molar-refractivity contribution in [2.45, 2.75) is 20.8 Å². The third kappa shape index (κ3) is 3.44. The molecular formula is C12H17N3O3. The lowest BCUT2D eigenvalue weighted by Gasteiger charge is -2.11. The van der Waals surface area contributed by atoms with Crippen LogP contribution in [0.5, 0.6) is 0 Å². The molecule has 0 aliphatic rings. The molecule has 0 aliphatic carbocycles. The van der Waals surface area contributed by atoms with Gasteiger partial charge in [-0.3, -0.25) is 9.59 Å². The molecule has 0 aromatic carbocycles. The Bertz CT molecular complexity index is 472. The number of carbonyl (C=O) groups excluding carboxylic acids is 2. The average Bonchev–Trinajstić information content (AvgIpc) is 2.25. The molecule has 6 heteroatoms. The summed E-state index contributed by atoms with van der Waals surface area (Å²) in [5, 5.41) is 2.77. The number of amides is 1. The lowest BCUT2D eigenvalue weighted by molar-refractivity contribution is -0.140. The Labute approximate surface area is 106 Å². The summed E-state index contributed by atoms with van der Waals surface area (Å²) in [5.41, 5.74) is 7.05. The van der Waals surface area contributed by atoms with Crippen LogP contribution in [0.4, 0.5) is 5.82 Å². The summed E-state index contributed by atoms with van der Waals surface area (Å²) in [5.74, 6) is -0.673. The summed E-state index contributed by atoms with van der Waals surface area (Å²) in [7, 11) is 0. The minimum Gasteiger partial charge on any atom is -0.465 e. The number of rotatable bonds is 5. The van der Waals surface area contributed by atoms with E-state index in [-0.39, 0.29) is 6.54 Å². The Hall–Kier alpha value is -2.11. The number of hydrogen-bond acceptors (Lipinski definition) is 5. The lowest BCUT2D eigenvalue weighted by atomic mass is 10.1. The van der Waals surface area contributed by atoms with E-state index in [2.05, 4.69) is 10.3 Å². The predicted molar refractivity (Wildman–Crippen MR) is 67.4 cm³/mol. The number of aromatic nitrogens is 1. The fourth-order valence-corrected chi connectivity index (χ4v) is 1.64. The van der Waals surface area contributed by atoms with Crippen LogP contribution in [0.25, 0.3) is 0 Å². The normalized spacial score (nSPS) is 9.94. The van der Waals surface area contributed by atoms with Crippen LogP contribution in [0.3, 0.4) is 0 Å². The SMILES string of the molecule is CCOC(=O)CNc1nc(C)cc(C)c1C(N)=O. The van der Waals surface area contributed by atoms with Crippen molar-refractivity contribution in [3.8, 4) is 0 Å². The predicted octanol–water partition coefficient (Wildman–Crippen LogP) is 0.772. The highest BCUT2D eigenvalue weighted by Crippen LogP contribution is 2.17. The van der Waals surface area contributed by atoms with Crippen LogP contribution in [0.2, 0.25) is 0 Å². The molecule has 0 saturated heterocycles. The summed E-state index contributed by atoms with van der Waals surface area (Å²) in [4.78, 5) is 26.8. The van der Waals surface area contributed by atoms with Crippen LogP contribution in [-0.2, 0) is 9.53 Å². The van der Waals surface area contributed by atoms with E-state index < -0.39 is 11.9 Å². The number of hydrogen-bond donors (Lipinski definition) is 2. The van der Waals surface area contributed by atoms with Crippen LogP contribution in [0.15, 0.2) is 6.07 Å². The summed E-state index contributed by atoms with van der Waals surface area (Å²) in [6.07, 6.45) is 0. The third-order valence-corrected chi connectivity index (χ3v) is 2.30. The van der Waals surface area contributed by atoms with Gasteiger partial charge in [0.25, 0.3) is 5.91 Å². The second kappa shape index (κ2) is 6.00. The van der Waals surface area contributed by atoms with E-state index >= 15 is 0 Å². The molecule has 6 nitrogen and oxygen atoms in total. The molecule has 0 fully saturated rings. The van der Waals surface area contributed by atoms with Gasteiger partial charge in [-0.25, -0.2) is 4.98 Å². The zero-order valence-corrected chi connectivity index (χ0v) is 10.7. The molecule has 0 radical (unpaired) electrons. The number of nitrogens with two attached hydrogens (primary N) is 1. The van der Waals surface area contributed by atoms with Gasteiger partial charge < -0.3 is 15.8 Å². The van der Waals surface area contributed by atoms with Crippen molar-refractivity contribution in [2.75, 3.05) is 18.5 Å². The van der Waals surface area contributed by atoms with Crippen molar-refractivity contribution in [1.82, 2.24) is 4.98 Å². The van der Waals surface area contributed by atoms with Gasteiger partial charge in [0.1, 0.15) is 12.4 Å². The van der Waals surface area contributed by atoms with Gasteiger partial charge in [-0.15, -0.1) is 0 Å². The molecule has 0 saturated carbocycles. The third-order valence-electron chi connectivity index (χ3n) is 2.30. The summed E-state index contributed by atoms with van der Waals surface area (Å²) < 4.78 is 4.78. The second-order valence-corrected chi connectivity index (χ2v) is 3.83. The quantitative estimate of drug-likeness (QED) is 0.754. The molecule has 1 amide bonds. The zero-order chi connectivity index (χ0) is 13.7. The number of aryl methyl sites for hydroxylation is 2. The van der Waals surface area contributed by atoms with Gasteiger partial charge in [0.2, 0.25) is 0 Å². The van der Waals surface area contributed by atoms with Gasteiger partial charge >= 0.3 is 5.97 Å². The van der Waals surface area contributed by atoms with Gasteiger partial charge in [0, 0.05) is 5.69 Å². The number of carbonyl (C=O) groups is 2. The summed E-state index contributed by atoms with van der Waals surface area (Å²) >= 11 is 0. The maximum Gasteiger partial charge on any atom is 0.325 e. The Balaban J connectivity index is 2.93. The number of pyridine rings is 1. The number of nitrogens with one attached hydrogen (secondary N) is 1. The molecule has 98 valence electrons. The Morgan fingerprint density at radius 1 is 1.44 bits per heavy atom. The highest BCUT2D eigenvalue weighted by molar-refractivity contribution is 5.99. The zero-order valence-electron chi connectivity index (χ0n) is 10.7. The fraction of sp³-hybridized carbons (Fsp3) is 0.417.